The van der Waals surface area contributed by atoms with Gasteiger partial charge in [-0.05, 0) is 24.0 Å². The first kappa shape index (κ1) is 32.6. The van der Waals surface area contributed by atoms with Crippen LogP contribution >= 0.6 is 7.82 Å². The molecule has 1 saturated carbocycles. The molecule has 18 heteroatoms. The Bertz CT molecular complexity index is 1180. The molecule has 0 radical (unpaired) electrons. The minimum Gasteiger partial charge on any atom is -0.846 e. The van der Waals surface area contributed by atoms with Crippen LogP contribution in [-0.4, -0.2) is 75.2 Å². The fraction of sp³-hybridized carbons (Fsp3) is 0.579. The molecule has 1 aliphatic heterocycles. The number of carboxylic acid groups (broad SMARTS) is 1. The van der Waals surface area contributed by atoms with Crippen LogP contribution in [0.25, 0.3) is 0 Å². The van der Waals surface area contributed by atoms with E-state index in [0.717, 1.165) is 17.9 Å². The second kappa shape index (κ2) is 12.3. The van der Waals surface area contributed by atoms with Crippen molar-refractivity contribution in [2.75, 3.05) is 20.3 Å². The summed E-state index contributed by atoms with van der Waals surface area (Å²) in [5, 5.41) is 51.1. The van der Waals surface area contributed by atoms with Crippen LogP contribution in [0.3, 0.4) is 0 Å². The van der Waals surface area contributed by atoms with Crippen molar-refractivity contribution in [2.24, 2.45) is 17.3 Å². The SMILES string of the molecule is COC(=O)[C@]12C(C(=O)[O-])=CC[C@H]1[C@H]2COP(=O)(O)OC[C@H]1O[C@@H](n2ccc(=N)nc2[O-])[C@H](O)[C@@H]1O.[Na+].[Na+]. The van der Waals surface area contributed by atoms with E-state index in [0.29, 0.717) is 0 Å². The number of aliphatic hydroxyl groups excluding tert-OH is 2. The first-order valence-corrected chi connectivity index (χ1v) is 11.9. The van der Waals surface area contributed by atoms with Gasteiger partial charge in [0.25, 0.3) is 0 Å². The van der Waals surface area contributed by atoms with Crippen LogP contribution < -0.4 is 74.8 Å². The third-order valence-corrected chi connectivity index (χ3v) is 7.52. The Morgan fingerprint density at radius 1 is 1.30 bits per heavy atom. The van der Waals surface area contributed by atoms with E-state index in [1.54, 1.807) is 0 Å². The van der Waals surface area contributed by atoms with E-state index >= 15 is 0 Å². The number of ether oxygens (including phenoxy) is 2. The van der Waals surface area contributed by atoms with Gasteiger partial charge in [0.15, 0.2) is 6.23 Å². The largest absolute Gasteiger partial charge is 1.00 e. The monoisotopic (exact) mass is 561 g/mol. The predicted octanol–water partition coefficient (Wildman–Crippen LogP) is -9.32. The Kier molecular flexibility index (Phi) is 10.8. The molecule has 37 heavy (non-hydrogen) atoms. The number of nitrogens with one attached hydrogen (secondary N) is 1. The van der Waals surface area contributed by atoms with Gasteiger partial charge >= 0.3 is 72.9 Å². The molecule has 15 nitrogen and oxygen atoms in total. The van der Waals surface area contributed by atoms with Gasteiger partial charge in [0.1, 0.15) is 29.2 Å². The molecule has 8 atom stereocenters. The molecule has 3 aliphatic rings. The van der Waals surface area contributed by atoms with Gasteiger partial charge in [0.05, 0.1) is 32.3 Å². The average molecular weight is 561 g/mol. The van der Waals surface area contributed by atoms with Gasteiger partial charge in [-0.25, -0.2) is 9.55 Å². The van der Waals surface area contributed by atoms with Gasteiger partial charge in [0.2, 0.25) is 0 Å². The van der Waals surface area contributed by atoms with Crippen LogP contribution in [0.1, 0.15) is 12.6 Å². The number of methoxy groups -OCH3 is 1. The van der Waals surface area contributed by atoms with Crippen LogP contribution in [-0.2, 0) is 32.7 Å². The summed E-state index contributed by atoms with van der Waals surface area (Å²) in [6, 6.07) is 0.254. The normalized spacial score (nSPS) is 33.2. The first-order chi connectivity index (χ1) is 16.4. The van der Waals surface area contributed by atoms with E-state index in [9.17, 15) is 39.5 Å². The molecule has 4 N–H and O–H groups in total. The molecule has 2 heterocycles. The number of aliphatic carboxylic acids is 1. The standard InChI is InChI=1S/C19H24N3O12P.2Na/c1-31-17(27)19-8(2-3-9(19)16(25)26)10(19)6-32-35(29,30)33-7-11-13(23)14(24)15(34-11)22-5-4-12(20)21-18(22)28;;/h3-5,8,10-11,13-15,23-24H,2,6-7H2,1H3,(H,25,26)(H,29,30)(H2,20,21,28);;/q;2*+1/p-2/t8-,10+,11+,13+,14+,15+,19-;;/m0../s1. The number of aromatic nitrogens is 2. The van der Waals surface area contributed by atoms with Crippen LogP contribution in [0, 0.1) is 22.7 Å². The Morgan fingerprint density at radius 3 is 2.54 bits per heavy atom. The molecule has 0 aromatic carbocycles. The maximum atomic E-state index is 12.4. The van der Waals surface area contributed by atoms with Crippen molar-refractivity contribution in [2.45, 2.75) is 31.0 Å². The van der Waals surface area contributed by atoms with E-state index < -0.39 is 80.8 Å². The number of hydrogen-bond donors (Lipinski definition) is 4. The number of hydrogen-bond acceptors (Lipinski definition) is 13. The third-order valence-electron chi connectivity index (χ3n) is 6.57. The molecule has 4 rings (SSSR count). The van der Waals surface area contributed by atoms with E-state index in [1.165, 1.54) is 12.1 Å². The van der Waals surface area contributed by atoms with E-state index in [-0.39, 0.29) is 76.6 Å². The zero-order valence-corrected chi connectivity index (χ0v) is 25.1. The topological polar surface area (TPSA) is 237 Å². The average Bonchev–Trinajstić information content (AvgIpc) is 3.09. The summed E-state index contributed by atoms with van der Waals surface area (Å²) in [5.41, 5.74) is -2.10. The number of fused-ring (bicyclic) bond motifs is 1. The zero-order valence-electron chi connectivity index (χ0n) is 20.2. The molecule has 2 fully saturated rings. The Morgan fingerprint density at radius 2 is 1.95 bits per heavy atom. The molecule has 0 amide bonds. The number of esters is 1. The molecule has 0 bridgehead atoms. The summed E-state index contributed by atoms with van der Waals surface area (Å²) in [7, 11) is -3.68. The molecule has 0 spiro atoms. The minimum atomic E-state index is -4.78. The molecular formula is C19H22N3Na2O12P. The molecule has 1 aromatic rings. The van der Waals surface area contributed by atoms with Gasteiger partial charge < -0.3 is 44.2 Å². The van der Waals surface area contributed by atoms with Gasteiger partial charge in [0, 0.05) is 12.1 Å². The van der Waals surface area contributed by atoms with Crippen molar-refractivity contribution >= 4 is 19.8 Å². The molecule has 1 aromatic heterocycles. The van der Waals surface area contributed by atoms with Gasteiger partial charge in [-0.1, -0.05) is 6.08 Å². The summed E-state index contributed by atoms with van der Waals surface area (Å²) in [4.78, 5) is 37.2. The van der Waals surface area contributed by atoms with Crippen molar-refractivity contribution in [1.82, 2.24) is 9.55 Å². The Labute approximate surface area is 254 Å². The summed E-state index contributed by atoms with van der Waals surface area (Å²) in [6.45, 7) is -1.22. The maximum Gasteiger partial charge on any atom is 1.00 e. The van der Waals surface area contributed by atoms with Crippen LogP contribution in [0.15, 0.2) is 23.9 Å². The molecular weight excluding hydrogens is 539 g/mol. The third kappa shape index (κ3) is 5.94. The van der Waals surface area contributed by atoms with E-state index in [2.05, 4.69) is 4.98 Å². The smallest absolute Gasteiger partial charge is 0.846 e. The summed E-state index contributed by atoms with van der Waals surface area (Å²) >= 11 is 0. The molecule has 192 valence electrons. The van der Waals surface area contributed by atoms with Crippen LogP contribution in [0.2, 0.25) is 0 Å². The summed E-state index contributed by atoms with van der Waals surface area (Å²) in [6.07, 6.45) is -3.24. The Hall–Kier alpha value is -0.650. The van der Waals surface area contributed by atoms with E-state index in [4.69, 9.17) is 23.9 Å². The molecule has 1 saturated heterocycles. The number of allylic oxidation sites excluding steroid dienone is 1. The molecule has 1 unspecified atom stereocenters. The maximum absolute atomic E-state index is 12.4. The predicted molar refractivity (Wildman–Crippen MR) is 104 cm³/mol. The van der Waals surface area contributed by atoms with Gasteiger partial charge in [-0.3, -0.25) is 19.3 Å². The number of phosphoric ester groups is 1. The number of rotatable bonds is 9. The van der Waals surface area contributed by atoms with Gasteiger partial charge in [-0.2, -0.15) is 0 Å². The van der Waals surface area contributed by atoms with Crippen molar-refractivity contribution in [3.8, 4) is 6.01 Å². The number of aliphatic hydroxyl groups is 2. The summed E-state index contributed by atoms with van der Waals surface area (Å²) in [5.74, 6) is -3.61. The van der Waals surface area contributed by atoms with Gasteiger partial charge in [-0.15, -0.1) is 0 Å². The minimum absolute atomic E-state index is 0. The quantitative estimate of drug-likeness (QED) is 0.125. The number of carbonyl (C=O) groups excluding carboxylic acids is 2. The number of carbonyl (C=O) groups is 2. The van der Waals surface area contributed by atoms with E-state index in [1.807, 2.05) is 0 Å². The van der Waals surface area contributed by atoms with Crippen LogP contribution in [0.4, 0.5) is 0 Å². The second-order valence-electron chi connectivity index (χ2n) is 8.32. The fourth-order valence-corrected chi connectivity index (χ4v) is 5.62. The second-order valence-corrected chi connectivity index (χ2v) is 9.78. The number of carboxylic acids is 1. The number of nitrogens with zero attached hydrogens (tertiary/aromatic N) is 2. The fourth-order valence-electron chi connectivity index (χ4n) is 4.87. The molecule has 2 aliphatic carbocycles. The Balaban J connectivity index is 0.00000241. The van der Waals surface area contributed by atoms with Crippen LogP contribution in [0.5, 0.6) is 6.01 Å². The van der Waals surface area contributed by atoms with Crippen molar-refractivity contribution in [1.29, 1.82) is 5.41 Å². The summed E-state index contributed by atoms with van der Waals surface area (Å²) < 4.78 is 33.2. The first-order valence-electron chi connectivity index (χ1n) is 10.4. The number of phosphoric acid groups is 1. The van der Waals surface area contributed by atoms with Crippen molar-refractivity contribution in [3.05, 3.63) is 29.4 Å². The van der Waals surface area contributed by atoms with Crippen molar-refractivity contribution in [3.63, 3.8) is 0 Å². The zero-order chi connectivity index (χ0) is 25.7. The van der Waals surface area contributed by atoms with Crippen molar-refractivity contribution < 1.29 is 117 Å².